The molecule has 3 nitrogen and oxygen atoms in total. The minimum absolute atomic E-state index is 0.0587. The molecule has 3 aromatic carbocycles. The second-order valence-corrected chi connectivity index (χ2v) is 11.4. The Bertz CT molecular complexity index is 1280. The predicted octanol–water partition coefficient (Wildman–Crippen LogP) is 7.84. The van der Waals surface area contributed by atoms with Crippen LogP contribution in [0.15, 0.2) is 72.8 Å². The molecular formula is C33H36F4N2O. The highest BCUT2D eigenvalue weighted by Crippen LogP contribution is 2.37. The second-order valence-electron chi connectivity index (χ2n) is 11.4. The zero-order valence-corrected chi connectivity index (χ0v) is 22.8. The smallest absolute Gasteiger partial charge is 0.335 e. The van der Waals surface area contributed by atoms with Crippen LogP contribution in [0.4, 0.5) is 17.6 Å². The van der Waals surface area contributed by atoms with E-state index < -0.39 is 11.7 Å². The maximum Gasteiger partial charge on any atom is 0.416 e. The highest BCUT2D eigenvalue weighted by Gasteiger charge is 2.38. The fourth-order valence-electron chi connectivity index (χ4n) is 6.49. The van der Waals surface area contributed by atoms with E-state index in [0.29, 0.717) is 18.7 Å². The Morgan fingerprint density at radius 2 is 1.57 bits per heavy atom. The molecule has 1 aliphatic heterocycles. The molecule has 7 heteroatoms. The molecule has 0 bridgehead atoms. The number of hydrogen-bond acceptors (Lipinski definition) is 2. The lowest BCUT2D eigenvalue weighted by Crippen LogP contribution is -2.45. The average molecular weight is 553 g/mol. The largest absolute Gasteiger partial charge is 0.416 e. The lowest BCUT2D eigenvalue weighted by atomic mass is 9.85. The van der Waals surface area contributed by atoms with E-state index in [4.69, 9.17) is 0 Å². The van der Waals surface area contributed by atoms with Crippen molar-refractivity contribution in [2.45, 2.75) is 63.7 Å². The summed E-state index contributed by atoms with van der Waals surface area (Å²) in [5, 5.41) is 0. The van der Waals surface area contributed by atoms with Gasteiger partial charge in [0.15, 0.2) is 0 Å². The van der Waals surface area contributed by atoms with Crippen LogP contribution in [-0.2, 0) is 12.7 Å². The van der Waals surface area contributed by atoms with Crippen molar-refractivity contribution in [2.24, 2.45) is 5.92 Å². The molecule has 212 valence electrons. The number of hydrogen-bond donors (Lipinski definition) is 0. The fourth-order valence-corrected chi connectivity index (χ4v) is 6.49. The normalized spacial score (nSPS) is 20.5. The van der Waals surface area contributed by atoms with E-state index >= 15 is 0 Å². The van der Waals surface area contributed by atoms with Crippen LogP contribution in [0.5, 0.6) is 0 Å². The van der Waals surface area contributed by atoms with E-state index in [1.54, 1.807) is 24.3 Å². The van der Waals surface area contributed by atoms with Gasteiger partial charge >= 0.3 is 6.18 Å². The molecule has 2 aliphatic rings. The minimum Gasteiger partial charge on any atom is -0.335 e. The number of nitrogens with zero attached hydrogens (tertiary/aromatic N) is 2. The SMILES string of the molecule is Cc1ccccc1C1CN(Cc2ccc(C(F)(F)F)cc2)CC1CN(C(=O)c1ccc(F)cc1)C1CCCCC1. The monoisotopic (exact) mass is 552 g/mol. The van der Waals surface area contributed by atoms with Crippen LogP contribution in [0.2, 0.25) is 0 Å². The van der Waals surface area contributed by atoms with Gasteiger partial charge in [0, 0.05) is 43.7 Å². The summed E-state index contributed by atoms with van der Waals surface area (Å²) in [4.78, 5) is 18.2. The van der Waals surface area contributed by atoms with Gasteiger partial charge in [-0.3, -0.25) is 9.69 Å². The molecule has 1 saturated heterocycles. The molecule has 0 N–H and O–H groups in total. The van der Waals surface area contributed by atoms with Crippen molar-refractivity contribution in [3.8, 4) is 0 Å². The van der Waals surface area contributed by atoms with E-state index in [9.17, 15) is 22.4 Å². The topological polar surface area (TPSA) is 23.6 Å². The van der Waals surface area contributed by atoms with Gasteiger partial charge in [-0.05, 0) is 78.8 Å². The number of halogens is 4. The zero-order chi connectivity index (χ0) is 28.3. The van der Waals surface area contributed by atoms with Gasteiger partial charge in [0.1, 0.15) is 5.82 Å². The van der Waals surface area contributed by atoms with Gasteiger partial charge < -0.3 is 4.90 Å². The maximum atomic E-state index is 13.8. The maximum absolute atomic E-state index is 13.8. The number of aryl methyl sites for hydroxylation is 1. The summed E-state index contributed by atoms with van der Waals surface area (Å²) in [5.41, 5.74) is 3.14. The van der Waals surface area contributed by atoms with Crippen molar-refractivity contribution in [1.82, 2.24) is 9.80 Å². The van der Waals surface area contributed by atoms with Crippen LogP contribution >= 0.6 is 0 Å². The van der Waals surface area contributed by atoms with Crippen LogP contribution in [-0.4, -0.2) is 41.4 Å². The first-order chi connectivity index (χ1) is 19.2. The number of alkyl halides is 3. The summed E-state index contributed by atoms with van der Waals surface area (Å²) in [6.45, 7) is 4.74. The molecule has 1 aliphatic carbocycles. The molecule has 5 rings (SSSR count). The van der Waals surface area contributed by atoms with E-state index in [-0.39, 0.29) is 29.6 Å². The van der Waals surface area contributed by atoms with Crippen LogP contribution in [0.25, 0.3) is 0 Å². The Labute approximate surface area is 233 Å². The Morgan fingerprint density at radius 3 is 2.23 bits per heavy atom. The van der Waals surface area contributed by atoms with E-state index in [2.05, 4.69) is 24.0 Å². The highest BCUT2D eigenvalue weighted by molar-refractivity contribution is 5.94. The highest BCUT2D eigenvalue weighted by atomic mass is 19.4. The minimum atomic E-state index is -4.35. The Balaban J connectivity index is 1.41. The summed E-state index contributed by atoms with van der Waals surface area (Å²) in [6.07, 6.45) is 0.916. The van der Waals surface area contributed by atoms with Crippen molar-refractivity contribution >= 4 is 5.91 Å². The van der Waals surface area contributed by atoms with E-state index in [1.807, 2.05) is 17.0 Å². The fraction of sp³-hybridized carbons (Fsp3) is 0.424. The first kappa shape index (κ1) is 28.3. The van der Waals surface area contributed by atoms with Gasteiger partial charge in [0.25, 0.3) is 5.91 Å². The molecule has 3 aromatic rings. The summed E-state index contributed by atoms with van der Waals surface area (Å²) >= 11 is 0. The first-order valence-corrected chi connectivity index (χ1v) is 14.2. The van der Waals surface area contributed by atoms with Crippen LogP contribution in [0.3, 0.4) is 0 Å². The molecule has 1 saturated carbocycles. The number of amides is 1. The number of benzene rings is 3. The third-order valence-electron chi connectivity index (χ3n) is 8.59. The number of carbonyl (C=O) groups is 1. The molecule has 0 aromatic heterocycles. The first-order valence-electron chi connectivity index (χ1n) is 14.2. The molecule has 0 spiro atoms. The molecule has 2 unspecified atom stereocenters. The van der Waals surface area contributed by atoms with E-state index in [1.165, 1.54) is 29.7 Å². The molecule has 2 atom stereocenters. The van der Waals surface area contributed by atoms with Gasteiger partial charge in [0.2, 0.25) is 0 Å². The lowest BCUT2D eigenvalue weighted by Gasteiger charge is -2.37. The van der Waals surface area contributed by atoms with Gasteiger partial charge in [-0.25, -0.2) is 4.39 Å². The quantitative estimate of drug-likeness (QED) is 0.279. The third kappa shape index (κ3) is 6.57. The van der Waals surface area contributed by atoms with Gasteiger partial charge in [-0.1, -0.05) is 55.7 Å². The predicted molar refractivity (Wildman–Crippen MR) is 148 cm³/mol. The zero-order valence-electron chi connectivity index (χ0n) is 22.8. The lowest BCUT2D eigenvalue weighted by molar-refractivity contribution is -0.137. The Kier molecular flexibility index (Phi) is 8.60. The molecule has 1 amide bonds. The molecule has 40 heavy (non-hydrogen) atoms. The van der Waals surface area contributed by atoms with Crippen LogP contribution in [0.1, 0.15) is 70.6 Å². The van der Waals surface area contributed by atoms with Crippen molar-refractivity contribution in [3.05, 3.63) is 106 Å². The molecule has 0 radical (unpaired) electrons. The Hall–Kier alpha value is -3.19. The molecule has 1 heterocycles. The van der Waals surface area contributed by atoms with Crippen molar-refractivity contribution in [2.75, 3.05) is 19.6 Å². The summed E-state index contributed by atoms with van der Waals surface area (Å²) in [7, 11) is 0. The summed E-state index contributed by atoms with van der Waals surface area (Å²) in [5.74, 6) is -0.0867. The van der Waals surface area contributed by atoms with Gasteiger partial charge in [-0.2, -0.15) is 13.2 Å². The molecule has 2 fully saturated rings. The van der Waals surface area contributed by atoms with Gasteiger partial charge in [-0.15, -0.1) is 0 Å². The summed E-state index contributed by atoms with van der Waals surface area (Å²) in [6, 6.07) is 19.7. The second kappa shape index (κ2) is 12.1. The number of carbonyl (C=O) groups excluding carboxylic acids is 1. The molecular weight excluding hydrogens is 516 g/mol. The van der Waals surface area contributed by atoms with Crippen molar-refractivity contribution < 1.29 is 22.4 Å². The van der Waals surface area contributed by atoms with Crippen LogP contribution < -0.4 is 0 Å². The third-order valence-corrected chi connectivity index (χ3v) is 8.59. The standard InChI is InChI=1S/C33H36F4N2O/c1-23-7-5-6-10-30(23)31-22-38(19-24-11-15-27(16-12-24)33(35,36)37)20-26(31)21-39(29-8-3-2-4-9-29)32(40)25-13-17-28(34)18-14-25/h5-7,10-18,26,29,31H,2-4,8-9,19-22H2,1H3. The Morgan fingerprint density at radius 1 is 0.900 bits per heavy atom. The number of likely N-dealkylation sites (tertiary alicyclic amines) is 1. The average Bonchev–Trinajstić information content (AvgIpc) is 3.34. The van der Waals surface area contributed by atoms with Crippen molar-refractivity contribution in [3.63, 3.8) is 0 Å². The van der Waals surface area contributed by atoms with Crippen molar-refractivity contribution in [1.29, 1.82) is 0 Å². The van der Waals surface area contributed by atoms with E-state index in [0.717, 1.165) is 56.5 Å². The number of rotatable bonds is 7. The van der Waals surface area contributed by atoms with Gasteiger partial charge in [0.05, 0.1) is 5.56 Å². The van der Waals surface area contributed by atoms with Crippen LogP contribution in [0, 0.1) is 18.7 Å². The summed E-state index contributed by atoms with van der Waals surface area (Å²) < 4.78 is 52.8.